The zero-order chi connectivity index (χ0) is 13.1. The Bertz CT molecular complexity index is 509. The van der Waals surface area contributed by atoms with Crippen LogP contribution in [-0.4, -0.2) is 5.11 Å². The van der Waals surface area contributed by atoms with Gasteiger partial charge in [-0.15, -0.1) is 0 Å². The highest BCUT2D eigenvalue weighted by Crippen LogP contribution is 2.29. The Morgan fingerprint density at radius 1 is 1.17 bits per heavy atom. The molecule has 1 heterocycles. The van der Waals surface area contributed by atoms with Crippen LogP contribution < -0.4 is 0 Å². The Morgan fingerprint density at radius 2 is 1.89 bits per heavy atom. The second-order valence-electron chi connectivity index (χ2n) is 5.12. The number of aliphatic hydroxyl groups excluding tert-OH is 1. The van der Waals surface area contributed by atoms with Crippen LogP contribution in [0.1, 0.15) is 50.5 Å². The van der Waals surface area contributed by atoms with Crippen LogP contribution in [0.15, 0.2) is 28.7 Å². The second kappa shape index (κ2) is 5.57. The topological polar surface area (TPSA) is 33.4 Å². The number of benzene rings is 1. The molecule has 0 saturated carbocycles. The lowest BCUT2D eigenvalue weighted by molar-refractivity contribution is 0.119. The molecule has 1 aromatic carbocycles. The van der Waals surface area contributed by atoms with Gasteiger partial charge in [-0.2, -0.15) is 0 Å². The van der Waals surface area contributed by atoms with E-state index < -0.39 is 6.10 Å². The van der Waals surface area contributed by atoms with Crippen molar-refractivity contribution in [2.75, 3.05) is 0 Å². The lowest BCUT2D eigenvalue weighted by atomic mass is 9.95. The third-order valence-electron chi connectivity index (χ3n) is 3.73. The molecule has 1 aromatic heterocycles. The molecule has 0 spiro atoms. The van der Waals surface area contributed by atoms with E-state index in [2.05, 4.69) is 26.8 Å². The lowest BCUT2D eigenvalue weighted by Gasteiger charge is -2.15. The van der Waals surface area contributed by atoms with Crippen molar-refractivity contribution in [3.05, 3.63) is 35.6 Å². The smallest absolute Gasteiger partial charge is 0.134 e. The van der Waals surface area contributed by atoms with Gasteiger partial charge in [-0.3, -0.25) is 0 Å². The Hall–Kier alpha value is -1.28. The van der Waals surface area contributed by atoms with Gasteiger partial charge < -0.3 is 9.52 Å². The van der Waals surface area contributed by atoms with Crippen LogP contribution in [0.4, 0.5) is 0 Å². The molecule has 0 bridgehead atoms. The van der Waals surface area contributed by atoms with Gasteiger partial charge in [-0.25, -0.2) is 0 Å². The average Bonchev–Trinajstić information content (AvgIpc) is 2.78. The van der Waals surface area contributed by atoms with Crippen LogP contribution in [0.3, 0.4) is 0 Å². The van der Waals surface area contributed by atoms with Gasteiger partial charge in [-0.1, -0.05) is 38.3 Å². The number of furan rings is 1. The summed E-state index contributed by atoms with van der Waals surface area (Å²) in [5.74, 6) is 1.26. The molecular weight excluding hydrogens is 224 g/mol. The summed E-state index contributed by atoms with van der Waals surface area (Å²) < 4.78 is 5.72. The molecule has 0 aliphatic rings. The minimum Gasteiger partial charge on any atom is -0.458 e. The molecule has 1 atom stereocenters. The van der Waals surface area contributed by atoms with Crippen LogP contribution in [-0.2, 0) is 0 Å². The fourth-order valence-corrected chi connectivity index (χ4v) is 2.40. The molecule has 2 aromatic rings. The van der Waals surface area contributed by atoms with Gasteiger partial charge in [0.25, 0.3) is 0 Å². The van der Waals surface area contributed by atoms with Crippen molar-refractivity contribution < 1.29 is 9.52 Å². The molecule has 2 nitrogen and oxygen atoms in total. The van der Waals surface area contributed by atoms with Crippen LogP contribution in [0, 0.1) is 12.8 Å². The van der Waals surface area contributed by atoms with Crippen molar-refractivity contribution in [2.24, 2.45) is 5.92 Å². The van der Waals surface area contributed by atoms with Crippen molar-refractivity contribution in [3.8, 4) is 0 Å². The van der Waals surface area contributed by atoms with Gasteiger partial charge in [0.15, 0.2) is 0 Å². The molecule has 0 saturated heterocycles. The Kier molecular flexibility index (Phi) is 4.07. The summed E-state index contributed by atoms with van der Waals surface area (Å²) in [5, 5.41) is 11.3. The van der Waals surface area contributed by atoms with Crippen LogP contribution in [0.2, 0.25) is 0 Å². The summed E-state index contributed by atoms with van der Waals surface area (Å²) in [5.41, 5.74) is 2.07. The van der Waals surface area contributed by atoms with Gasteiger partial charge in [0.05, 0.1) is 0 Å². The van der Waals surface area contributed by atoms with Gasteiger partial charge in [0.2, 0.25) is 0 Å². The largest absolute Gasteiger partial charge is 0.458 e. The van der Waals surface area contributed by atoms with Crippen molar-refractivity contribution in [3.63, 3.8) is 0 Å². The number of rotatable bonds is 5. The van der Waals surface area contributed by atoms with E-state index in [1.807, 2.05) is 18.2 Å². The molecule has 0 radical (unpaired) electrons. The van der Waals surface area contributed by atoms with Crippen LogP contribution in [0.5, 0.6) is 0 Å². The first-order chi connectivity index (χ1) is 8.63. The van der Waals surface area contributed by atoms with Gasteiger partial charge >= 0.3 is 0 Å². The zero-order valence-electron chi connectivity index (χ0n) is 11.4. The number of hydrogen-bond acceptors (Lipinski definition) is 2. The van der Waals surface area contributed by atoms with Crippen molar-refractivity contribution in [2.45, 2.75) is 46.1 Å². The third kappa shape index (κ3) is 2.75. The number of aliphatic hydroxyl groups is 1. The number of hydrogen-bond donors (Lipinski definition) is 1. The number of aryl methyl sites for hydroxylation is 1. The van der Waals surface area contributed by atoms with Crippen molar-refractivity contribution in [1.82, 2.24) is 0 Å². The summed E-state index contributed by atoms with van der Waals surface area (Å²) in [6.45, 7) is 6.40. The highest BCUT2D eigenvalue weighted by atomic mass is 16.4. The first-order valence-electron chi connectivity index (χ1n) is 6.82. The van der Waals surface area contributed by atoms with E-state index in [0.717, 1.165) is 30.2 Å². The van der Waals surface area contributed by atoms with E-state index in [1.54, 1.807) is 0 Å². The van der Waals surface area contributed by atoms with E-state index in [1.165, 1.54) is 5.56 Å². The standard InChI is InChI=1S/C16H22O2/c1-4-12(5-2)9-14(17)16-10-13-8-11(3)6-7-15(13)18-16/h6-8,10,12,14,17H,4-5,9H2,1-3H3. The van der Waals surface area contributed by atoms with E-state index in [-0.39, 0.29) is 0 Å². The minimum atomic E-state index is -0.484. The zero-order valence-corrected chi connectivity index (χ0v) is 11.4. The van der Waals surface area contributed by atoms with Crippen LogP contribution >= 0.6 is 0 Å². The maximum atomic E-state index is 10.2. The molecule has 2 rings (SSSR count). The molecule has 2 heteroatoms. The highest BCUT2D eigenvalue weighted by molar-refractivity contribution is 5.78. The summed E-state index contributed by atoms with van der Waals surface area (Å²) in [6.07, 6.45) is 2.51. The lowest BCUT2D eigenvalue weighted by Crippen LogP contribution is -2.05. The SMILES string of the molecule is CCC(CC)CC(O)c1cc2cc(C)ccc2o1. The van der Waals surface area contributed by atoms with Crippen molar-refractivity contribution >= 4 is 11.0 Å². The van der Waals surface area contributed by atoms with E-state index in [0.29, 0.717) is 11.7 Å². The molecule has 0 aliphatic carbocycles. The predicted octanol–water partition coefficient (Wildman–Crippen LogP) is 4.60. The average molecular weight is 246 g/mol. The molecule has 98 valence electrons. The quantitative estimate of drug-likeness (QED) is 0.836. The monoisotopic (exact) mass is 246 g/mol. The first-order valence-corrected chi connectivity index (χ1v) is 6.82. The molecule has 0 amide bonds. The van der Waals surface area contributed by atoms with E-state index in [9.17, 15) is 5.11 Å². The number of fused-ring (bicyclic) bond motifs is 1. The fourth-order valence-electron chi connectivity index (χ4n) is 2.40. The van der Waals surface area contributed by atoms with Crippen molar-refractivity contribution in [1.29, 1.82) is 0 Å². The second-order valence-corrected chi connectivity index (χ2v) is 5.12. The Balaban J connectivity index is 2.20. The maximum Gasteiger partial charge on any atom is 0.134 e. The summed E-state index contributed by atoms with van der Waals surface area (Å²) >= 11 is 0. The van der Waals surface area contributed by atoms with E-state index in [4.69, 9.17) is 4.42 Å². The van der Waals surface area contributed by atoms with Crippen LogP contribution in [0.25, 0.3) is 11.0 Å². The summed E-state index contributed by atoms with van der Waals surface area (Å²) in [6, 6.07) is 8.06. The third-order valence-corrected chi connectivity index (χ3v) is 3.73. The highest BCUT2D eigenvalue weighted by Gasteiger charge is 2.17. The molecule has 0 aliphatic heterocycles. The van der Waals surface area contributed by atoms with Gasteiger partial charge in [-0.05, 0) is 37.5 Å². The minimum absolute atomic E-state index is 0.484. The van der Waals surface area contributed by atoms with Gasteiger partial charge in [0.1, 0.15) is 17.4 Å². The maximum absolute atomic E-state index is 10.2. The summed E-state index contributed by atoms with van der Waals surface area (Å²) in [4.78, 5) is 0. The summed E-state index contributed by atoms with van der Waals surface area (Å²) in [7, 11) is 0. The molecule has 1 unspecified atom stereocenters. The fraction of sp³-hybridized carbons (Fsp3) is 0.500. The Labute approximate surface area is 109 Å². The van der Waals surface area contributed by atoms with Gasteiger partial charge in [0, 0.05) is 5.39 Å². The normalized spacial score (nSPS) is 13.4. The molecule has 18 heavy (non-hydrogen) atoms. The molecular formula is C16H22O2. The molecule has 1 N–H and O–H groups in total. The molecule has 0 fully saturated rings. The Morgan fingerprint density at radius 3 is 2.56 bits per heavy atom. The first kappa shape index (κ1) is 13.2. The van der Waals surface area contributed by atoms with E-state index >= 15 is 0 Å². The predicted molar refractivity (Wildman–Crippen MR) is 74.6 cm³/mol.